The van der Waals surface area contributed by atoms with Gasteiger partial charge < -0.3 is 10.0 Å². The fourth-order valence-electron chi connectivity index (χ4n) is 3.64. The number of halogens is 2. The van der Waals surface area contributed by atoms with Gasteiger partial charge in [0.2, 0.25) is 0 Å². The number of thioether (sulfide) groups is 1. The number of carbonyl (C=O) groups is 1. The smallest absolute Gasteiger partial charge is 0.353 e. The minimum absolute atomic E-state index is 0.224. The molecule has 2 atom stereocenters. The molecule has 0 bridgehead atoms. The van der Waals surface area contributed by atoms with Crippen LogP contribution in [0, 0.1) is 0 Å². The second-order valence-corrected chi connectivity index (χ2v) is 8.64. The summed E-state index contributed by atoms with van der Waals surface area (Å²) >= 11 is 13.6. The van der Waals surface area contributed by atoms with Crippen LogP contribution in [0.3, 0.4) is 0 Å². The average molecular weight is 433 g/mol. The Morgan fingerprint density at radius 2 is 1.64 bits per heavy atom. The molecule has 0 unspecified atom stereocenters. The van der Waals surface area contributed by atoms with Crippen molar-refractivity contribution in [2.45, 2.75) is 31.8 Å². The van der Waals surface area contributed by atoms with Crippen LogP contribution in [0.25, 0.3) is 0 Å². The van der Waals surface area contributed by atoms with Crippen molar-refractivity contribution in [1.82, 2.24) is 4.90 Å². The SMILES string of the molecule is CCCC1=C(C(=O)O)N2C(=N[C@@H](c3ccc(Cl)cc3)[C@H]2c2ccc(Cl)cc2)S1. The molecule has 2 aromatic rings. The van der Waals surface area contributed by atoms with Crippen molar-refractivity contribution >= 4 is 46.1 Å². The Kier molecular flexibility index (Phi) is 5.41. The molecule has 28 heavy (non-hydrogen) atoms. The van der Waals surface area contributed by atoms with Crippen molar-refractivity contribution in [3.8, 4) is 0 Å². The van der Waals surface area contributed by atoms with E-state index in [1.807, 2.05) is 60.4 Å². The van der Waals surface area contributed by atoms with E-state index in [4.69, 9.17) is 28.2 Å². The summed E-state index contributed by atoms with van der Waals surface area (Å²) in [5, 5.41) is 12.0. The summed E-state index contributed by atoms with van der Waals surface area (Å²) in [7, 11) is 0. The van der Waals surface area contributed by atoms with Gasteiger partial charge in [0.05, 0.1) is 6.04 Å². The molecule has 0 saturated heterocycles. The van der Waals surface area contributed by atoms with Crippen molar-refractivity contribution in [3.63, 3.8) is 0 Å². The molecular weight excluding hydrogens is 415 g/mol. The third-order valence-electron chi connectivity index (χ3n) is 4.86. The first kappa shape index (κ1) is 19.4. The number of rotatable bonds is 5. The van der Waals surface area contributed by atoms with Crippen LogP contribution in [-0.2, 0) is 4.79 Å². The number of aliphatic imine (C=N–C) groups is 1. The molecular formula is C21H18Cl2N2O2S. The summed E-state index contributed by atoms with van der Waals surface area (Å²) in [4.78, 5) is 19.8. The predicted molar refractivity (Wildman–Crippen MR) is 115 cm³/mol. The quantitative estimate of drug-likeness (QED) is 0.602. The standard InChI is InChI=1S/C21H18Cl2N2O2S/c1-2-3-16-19(20(26)27)25-18(13-6-10-15(23)11-7-13)17(24-21(25)28-16)12-4-8-14(22)9-5-12/h4-11,17-18H,2-3H2,1H3,(H,26,27)/t17-,18+/m0/s1. The lowest BCUT2D eigenvalue weighted by molar-refractivity contribution is -0.134. The molecule has 2 aliphatic rings. The van der Waals surface area contributed by atoms with Gasteiger partial charge >= 0.3 is 5.97 Å². The molecule has 1 N–H and O–H groups in total. The first-order valence-corrected chi connectivity index (χ1v) is 10.6. The fourth-order valence-corrected chi connectivity index (χ4v) is 5.17. The van der Waals surface area contributed by atoms with Gasteiger partial charge in [-0.2, -0.15) is 0 Å². The number of aliphatic carboxylic acids is 1. The zero-order valence-corrected chi connectivity index (χ0v) is 17.4. The van der Waals surface area contributed by atoms with E-state index < -0.39 is 5.97 Å². The molecule has 2 heterocycles. The zero-order chi connectivity index (χ0) is 19.8. The number of allylic oxidation sites excluding steroid dienone is 1. The van der Waals surface area contributed by atoms with E-state index in [2.05, 4.69) is 0 Å². The Morgan fingerprint density at radius 3 is 2.18 bits per heavy atom. The molecule has 0 amide bonds. The number of carboxylic acids is 1. The first-order chi connectivity index (χ1) is 13.5. The Bertz CT molecular complexity index is 971. The average Bonchev–Trinajstić information content (AvgIpc) is 3.19. The molecule has 0 fully saturated rings. The fraction of sp³-hybridized carbons (Fsp3) is 0.238. The van der Waals surface area contributed by atoms with Crippen LogP contribution in [0.1, 0.15) is 43.0 Å². The number of amidine groups is 1. The van der Waals surface area contributed by atoms with Gasteiger partial charge in [0.25, 0.3) is 0 Å². The van der Waals surface area contributed by atoms with Gasteiger partial charge in [0.1, 0.15) is 11.7 Å². The van der Waals surface area contributed by atoms with Crippen LogP contribution in [0.15, 0.2) is 64.1 Å². The van der Waals surface area contributed by atoms with Gasteiger partial charge in [-0.3, -0.25) is 4.99 Å². The van der Waals surface area contributed by atoms with Gasteiger partial charge in [-0.25, -0.2) is 4.79 Å². The van der Waals surface area contributed by atoms with Crippen LogP contribution < -0.4 is 0 Å². The number of fused-ring (bicyclic) bond motifs is 1. The van der Waals surface area contributed by atoms with E-state index in [0.717, 1.165) is 34.0 Å². The van der Waals surface area contributed by atoms with Crippen LogP contribution >= 0.6 is 35.0 Å². The number of nitrogens with zero attached hydrogens (tertiary/aromatic N) is 2. The normalized spacial score (nSPS) is 21.1. The largest absolute Gasteiger partial charge is 0.477 e. The second-order valence-electron chi connectivity index (χ2n) is 6.70. The number of hydrogen-bond acceptors (Lipinski definition) is 4. The summed E-state index contributed by atoms with van der Waals surface area (Å²) in [6, 6.07) is 14.6. The highest BCUT2D eigenvalue weighted by Crippen LogP contribution is 2.52. The lowest BCUT2D eigenvalue weighted by Gasteiger charge is -2.28. The van der Waals surface area contributed by atoms with Crippen LogP contribution in [0.5, 0.6) is 0 Å². The maximum atomic E-state index is 12.1. The predicted octanol–water partition coefficient (Wildman–Crippen LogP) is 6.29. The van der Waals surface area contributed by atoms with Crippen LogP contribution in [-0.4, -0.2) is 21.1 Å². The van der Waals surface area contributed by atoms with Crippen molar-refractivity contribution in [2.75, 3.05) is 0 Å². The van der Waals surface area contributed by atoms with E-state index >= 15 is 0 Å². The molecule has 4 nitrogen and oxygen atoms in total. The maximum Gasteiger partial charge on any atom is 0.353 e. The molecule has 7 heteroatoms. The molecule has 0 aliphatic carbocycles. The third-order valence-corrected chi connectivity index (χ3v) is 6.49. The van der Waals surface area contributed by atoms with Crippen molar-refractivity contribution in [3.05, 3.63) is 80.3 Å². The van der Waals surface area contributed by atoms with Crippen molar-refractivity contribution in [1.29, 1.82) is 0 Å². The summed E-state index contributed by atoms with van der Waals surface area (Å²) < 4.78 is 0. The first-order valence-electron chi connectivity index (χ1n) is 9.02. The summed E-state index contributed by atoms with van der Waals surface area (Å²) in [6.45, 7) is 2.05. The molecule has 2 aliphatic heterocycles. The zero-order valence-electron chi connectivity index (χ0n) is 15.1. The highest BCUT2D eigenvalue weighted by molar-refractivity contribution is 8.17. The maximum absolute atomic E-state index is 12.1. The van der Waals surface area contributed by atoms with Gasteiger partial charge in [0.15, 0.2) is 5.17 Å². The lowest BCUT2D eigenvalue weighted by Crippen LogP contribution is -2.30. The summed E-state index contributed by atoms with van der Waals surface area (Å²) in [6.07, 6.45) is 1.60. The second kappa shape index (κ2) is 7.82. The molecule has 0 aromatic heterocycles. The Morgan fingerprint density at radius 1 is 1.07 bits per heavy atom. The minimum Gasteiger partial charge on any atom is -0.477 e. The van der Waals surface area contributed by atoms with Gasteiger partial charge in [-0.05, 0) is 41.8 Å². The number of hydrogen-bond donors (Lipinski definition) is 1. The highest BCUT2D eigenvalue weighted by atomic mass is 35.5. The summed E-state index contributed by atoms with van der Waals surface area (Å²) in [5.41, 5.74) is 2.30. The van der Waals surface area contributed by atoms with Crippen LogP contribution in [0.2, 0.25) is 10.0 Å². The molecule has 144 valence electrons. The Balaban J connectivity index is 1.83. The van der Waals surface area contributed by atoms with Gasteiger partial charge in [0, 0.05) is 15.0 Å². The van der Waals surface area contributed by atoms with Crippen molar-refractivity contribution in [2.24, 2.45) is 4.99 Å². The van der Waals surface area contributed by atoms with Crippen molar-refractivity contribution < 1.29 is 9.90 Å². The molecule has 2 aromatic carbocycles. The van der Waals surface area contributed by atoms with E-state index in [0.29, 0.717) is 15.7 Å². The highest BCUT2D eigenvalue weighted by Gasteiger charge is 2.46. The van der Waals surface area contributed by atoms with E-state index in [1.54, 1.807) is 0 Å². The van der Waals surface area contributed by atoms with E-state index in [1.165, 1.54) is 11.8 Å². The minimum atomic E-state index is -0.920. The molecule has 0 radical (unpaired) electrons. The van der Waals surface area contributed by atoms with Gasteiger partial charge in [-0.1, -0.05) is 72.6 Å². The topological polar surface area (TPSA) is 52.9 Å². The monoisotopic (exact) mass is 432 g/mol. The van der Waals surface area contributed by atoms with E-state index in [-0.39, 0.29) is 12.1 Å². The molecule has 0 spiro atoms. The number of benzene rings is 2. The third kappa shape index (κ3) is 3.43. The Labute approximate surface area is 177 Å². The van der Waals surface area contributed by atoms with Crippen LogP contribution in [0.4, 0.5) is 0 Å². The Hall–Kier alpha value is -1.95. The van der Waals surface area contributed by atoms with Gasteiger partial charge in [-0.15, -0.1) is 0 Å². The summed E-state index contributed by atoms with van der Waals surface area (Å²) in [5.74, 6) is -0.920. The number of carboxylic acid groups (broad SMARTS) is 1. The van der Waals surface area contributed by atoms with E-state index in [9.17, 15) is 9.90 Å². The lowest BCUT2D eigenvalue weighted by atomic mass is 9.93. The molecule has 0 saturated carbocycles. The molecule has 4 rings (SSSR count).